The van der Waals surface area contributed by atoms with Crippen LogP contribution in [0.1, 0.15) is 43.6 Å². The maximum Gasteiger partial charge on any atom is 0.188 e. The minimum absolute atomic E-state index is 0.259. The molecule has 4 atom stereocenters. The molecule has 0 aromatic carbocycles. The van der Waals surface area contributed by atoms with E-state index in [1.54, 1.807) is 11.8 Å². The number of hydrogen-bond acceptors (Lipinski definition) is 4. The van der Waals surface area contributed by atoms with Gasteiger partial charge in [0.25, 0.3) is 0 Å². The number of nitrogens with zero attached hydrogens (tertiary/aromatic N) is 2. The van der Waals surface area contributed by atoms with Crippen LogP contribution in [-0.4, -0.2) is 21.3 Å². The zero-order valence-electron chi connectivity index (χ0n) is 12.6. The fourth-order valence-corrected chi connectivity index (χ4v) is 4.26. The topological polar surface area (TPSA) is 51.8 Å². The molecule has 0 radical (unpaired) electrons. The number of aryl methyl sites for hydroxylation is 2. The smallest absolute Gasteiger partial charge is 0.188 e. The van der Waals surface area contributed by atoms with Crippen LogP contribution in [0.25, 0.3) is 0 Å². The van der Waals surface area contributed by atoms with Crippen LogP contribution in [0.5, 0.6) is 0 Å². The summed E-state index contributed by atoms with van der Waals surface area (Å²) in [6.45, 7) is 10.8. The second-order valence-corrected chi connectivity index (χ2v) is 7.25. The molecule has 106 valence electrons. The van der Waals surface area contributed by atoms with Gasteiger partial charge in [0, 0.05) is 22.7 Å². The maximum atomic E-state index is 6.34. The molecule has 1 aromatic heterocycles. The highest BCUT2D eigenvalue weighted by atomic mass is 32.2. The molecule has 1 saturated carbocycles. The van der Waals surface area contributed by atoms with Crippen molar-refractivity contribution in [1.82, 2.24) is 9.97 Å². The van der Waals surface area contributed by atoms with Crippen LogP contribution in [0.2, 0.25) is 0 Å². The maximum absolute atomic E-state index is 6.34. The average Bonchev–Trinajstić information content (AvgIpc) is 2.30. The molecule has 1 fully saturated rings. The second-order valence-electron chi connectivity index (χ2n) is 6.10. The first kappa shape index (κ1) is 14.8. The lowest BCUT2D eigenvalue weighted by Gasteiger charge is -2.36. The highest BCUT2D eigenvalue weighted by Gasteiger charge is 2.33. The zero-order chi connectivity index (χ0) is 14.2. The van der Waals surface area contributed by atoms with Crippen LogP contribution in [0.15, 0.2) is 5.16 Å². The van der Waals surface area contributed by atoms with E-state index in [4.69, 9.17) is 5.73 Å². The van der Waals surface area contributed by atoms with Gasteiger partial charge in [-0.1, -0.05) is 25.6 Å². The summed E-state index contributed by atoms with van der Waals surface area (Å²) in [5, 5.41) is 1.33. The van der Waals surface area contributed by atoms with Crippen molar-refractivity contribution in [1.29, 1.82) is 0 Å². The molecular formula is C15H25N3S. The summed E-state index contributed by atoms with van der Waals surface area (Å²) in [6, 6.07) is 0.259. The Morgan fingerprint density at radius 2 is 1.63 bits per heavy atom. The van der Waals surface area contributed by atoms with E-state index in [0.29, 0.717) is 11.2 Å². The number of thioether (sulfide) groups is 1. The lowest BCUT2D eigenvalue weighted by Crippen LogP contribution is -2.43. The molecule has 3 nitrogen and oxygen atoms in total. The van der Waals surface area contributed by atoms with Gasteiger partial charge < -0.3 is 5.73 Å². The highest BCUT2D eigenvalue weighted by molar-refractivity contribution is 7.99. The van der Waals surface area contributed by atoms with Crippen LogP contribution in [0.4, 0.5) is 0 Å². The normalized spacial score (nSPS) is 31.5. The van der Waals surface area contributed by atoms with E-state index in [1.165, 1.54) is 12.0 Å². The molecule has 0 spiro atoms. The quantitative estimate of drug-likeness (QED) is 0.844. The molecule has 19 heavy (non-hydrogen) atoms. The number of aromatic nitrogens is 2. The lowest BCUT2D eigenvalue weighted by atomic mass is 9.80. The van der Waals surface area contributed by atoms with Crippen molar-refractivity contribution < 1.29 is 0 Å². The largest absolute Gasteiger partial charge is 0.327 e. The van der Waals surface area contributed by atoms with Gasteiger partial charge in [-0.2, -0.15) is 0 Å². The van der Waals surface area contributed by atoms with Gasteiger partial charge in [0.1, 0.15) is 0 Å². The summed E-state index contributed by atoms with van der Waals surface area (Å²) in [5.41, 5.74) is 9.70. The van der Waals surface area contributed by atoms with Crippen molar-refractivity contribution in [3.8, 4) is 0 Å². The third-order valence-electron chi connectivity index (χ3n) is 4.29. The summed E-state index contributed by atoms with van der Waals surface area (Å²) in [6.07, 6.45) is 2.38. The first-order valence-corrected chi connectivity index (χ1v) is 8.00. The standard InChI is InChI=1S/C15H25N3S/c1-8-6-9(2)14(13(16)7-8)19-15-17-11(4)10(3)12(5)18-15/h8-9,13-14H,6-7,16H2,1-5H3. The van der Waals surface area contributed by atoms with E-state index < -0.39 is 0 Å². The van der Waals surface area contributed by atoms with Crippen LogP contribution < -0.4 is 5.73 Å². The fourth-order valence-electron chi connectivity index (χ4n) is 3.01. The summed E-state index contributed by atoms with van der Waals surface area (Å²) in [5.74, 6) is 1.37. The summed E-state index contributed by atoms with van der Waals surface area (Å²) < 4.78 is 0. The first-order valence-electron chi connectivity index (χ1n) is 7.12. The monoisotopic (exact) mass is 279 g/mol. The molecule has 4 heteroatoms. The van der Waals surface area contributed by atoms with Gasteiger partial charge in [-0.25, -0.2) is 9.97 Å². The Hall–Kier alpha value is -0.610. The summed E-state index contributed by atoms with van der Waals surface area (Å²) in [7, 11) is 0. The Morgan fingerprint density at radius 1 is 1.05 bits per heavy atom. The van der Waals surface area contributed by atoms with Gasteiger partial charge in [-0.15, -0.1) is 0 Å². The molecule has 1 aliphatic rings. The molecule has 1 aromatic rings. The molecule has 0 saturated heterocycles. The lowest BCUT2D eigenvalue weighted by molar-refractivity contribution is 0.279. The van der Waals surface area contributed by atoms with Gasteiger partial charge in [0.2, 0.25) is 0 Å². The van der Waals surface area contributed by atoms with E-state index in [9.17, 15) is 0 Å². The van der Waals surface area contributed by atoms with Crippen molar-refractivity contribution in [3.63, 3.8) is 0 Å². The van der Waals surface area contributed by atoms with Crippen molar-refractivity contribution in [2.24, 2.45) is 17.6 Å². The Labute approximate surface area is 120 Å². The molecule has 0 amide bonds. The van der Waals surface area contributed by atoms with E-state index >= 15 is 0 Å². The molecule has 2 rings (SSSR count). The minimum atomic E-state index is 0.259. The second kappa shape index (κ2) is 5.80. The third-order valence-corrected chi connectivity index (χ3v) is 5.76. The van der Waals surface area contributed by atoms with E-state index in [-0.39, 0.29) is 6.04 Å². The summed E-state index contributed by atoms with van der Waals surface area (Å²) in [4.78, 5) is 9.22. The van der Waals surface area contributed by atoms with Gasteiger partial charge in [-0.3, -0.25) is 0 Å². The summed E-state index contributed by atoms with van der Waals surface area (Å²) >= 11 is 1.77. The predicted molar refractivity (Wildman–Crippen MR) is 81.4 cm³/mol. The molecule has 1 heterocycles. The van der Waals surface area contributed by atoms with Crippen LogP contribution in [0.3, 0.4) is 0 Å². The highest BCUT2D eigenvalue weighted by Crippen LogP contribution is 2.38. The molecule has 0 bridgehead atoms. The molecule has 1 aliphatic carbocycles. The number of rotatable bonds is 2. The predicted octanol–water partition coefficient (Wildman–Crippen LogP) is 3.26. The van der Waals surface area contributed by atoms with Gasteiger partial charge in [0.15, 0.2) is 5.16 Å². The van der Waals surface area contributed by atoms with Crippen molar-refractivity contribution in [3.05, 3.63) is 17.0 Å². The molecule has 4 unspecified atom stereocenters. The number of nitrogens with two attached hydrogens (primary N) is 1. The van der Waals surface area contributed by atoms with Crippen molar-refractivity contribution in [2.45, 2.75) is 63.9 Å². The Morgan fingerprint density at radius 3 is 2.16 bits per heavy atom. The van der Waals surface area contributed by atoms with E-state index in [1.807, 2.05) is 0 Å². The first-order chi connectivity index (χ1) is 8.88. The van der Waals surface area contributed by atoms with Crippen molar-refractivity contribution >= 4 is 11.8 Å². The Kier molecular flexibility index (Phi) is 4.51. The molecule has 0 aliphatic heterocycles. The number of hydrogen-bond donors (Lipinski definition) is 1. The Balaban J connectivity index is 2.16. The van der Waals surface area contributed by atoms with Crippen LogP contribution in [0, 0.1) is 32.6 Å². The third kappa shape index (κ3) is 3.29. The fraction of sp³-hybridized carbons (Fsp3) is 0.733. The van der Waals surface area contributed by atoms with Gasteiger partial charge >= 0.3 is 0 Å². The van der Waals surface area contributed by atoms with Crippen LogP contribution >= 0.6 is 11.8 Å². The Bertz CT molecular complexity index is 426. The van der Waals surface area contributed by atoms with E-state index in [0.717, 1.165) is 28.9 Å². The van der Waals surface area contributed by atoms with Gasteiger partial charge in [0.05, 0.1) is 0 Å². The van der Waals surface area contributed by atoms with E-state index in [2.05, 4.69) is 44.6 Å². The average molecular weight is 279 g/mol. The minimum Gasteiger partial charge on any atom is -0.327 e. The van der Waals surface area contributed by atoms with Gasteiger partial charge in [-0.05, 0) is 51.0 Å². The van der Waals surface area contributed by atoms with Crippen molar-refractivity contribution in [2.75, 3.05) is 0 Å². The molecular weight excluding hydrogens is 254 g/mol. The zero-order valence-corrected chi connectivity index (χ0v) is 13.4. The SMILES string of the molecule is Cc1nc(SC2C(C)CC(C)CC2N)nc(C)c1C. The molecule has 2 N–H and O–H groups in total. The van der Waals surface area contributed by atoms with Crippen LogP contribution in [-0.2, 0) is 0 Å².